The molecule has 26 heavy (non-hydrogen) atoms. The monoisotopic (exact) mass is 346 g/mol. The lowest BCUT2D eigenvalue weighted by Crippen LogP contribution is -2.19. The number of hydrogen-bond acceptors (Lipinski definition) is 3. The third-order valence-corrected chi connectivity index (χ3v) is 4.44. The zero-order chi connectivity index (χ0) is 18.4. The van der Waals surface area contributed by atoms with Gasteiger partial charge in [0.2, 0.25) is 0 Å². The Kier molecular flexibility index (Phi) is 5.97. The van der Waals surface area contributed by atoms with Gasteiger partial charge in [-0.15, -0.1) is 0 Å². The van der Waals surface area contributed by atoms with Gasteiger partial charge >= 0.3 is 0 Å². The molecule has 4 heteroatoms. The van der Waals surface area contributed by atoms with E-state index in [0.717, 1.165) is 30.0 Å². The van der Waals surface area contributed by atoms with Crippen molar-refractivity contribution in [3.05, 3.63) is 71.3 Å². The van der Waals surface area contributed by atoms with Crippen LogP contribution in [0, 0.1) is 6.92 Å². The van der Waals surface area contributed by atoms with Crippen molar-refractivity contribution < 1.29 is 0 Å². The largest absolute Gasteiger partial charge is 0.294 e. The Morgan fingerprint density at radius 3 is 2.50 bits per heavy atom. The van der Waals surface area contributed by atoms with Crippen LogP contribution in [0.1, 0.15) is 30.5 Å². The van der Waals surface area contributed by atoms with Crippen LogP contribution in [0.5, 0.6) is 0 Å². The fraction of sp³-hybridized carbons (Fsp3) is 0.273. The van der Waals surface area contributed by atoms with E-state index in [1.807, 2.05) is 17.7 Å². The smallest absolute Gasteiger partial charge is 0.151 e. The van der Waals surface area contributed by atoms with Crippen LogP contribution < -0.4 is 5.32 Å². The molecule has 1 heterocycles. The van der Waals surface area contributed by atoms with Gasteiger partial charge in [-0.05, 0) is 31.4 Å². The van der Waals surface area contributed by atoms with E-state index >= 15 is 0 Å². The third-order valence-electron chi connectivity index (χ3n) is 4.44. The van der Waals surface area contributed by atoms with E-state index < -0.39 is 0 Å². The maximum atomic E-state index is 4.74. The molecule has 134 valence electrons. The minimum Gasteiger partial charge on any atom is -0.294 e. The van der Waals surface area contributed by atoms with Gasteiger partial charge in [-0.3, -0.25) is 5.32 Å². The predicted octanol–water partition coefficient (Wildman–Crippen LogP) is 4.89. The van der Waals surface area contributed by atoms with Crippen molar-refractivity contribution in [2.24, 2.45) is 4.99 Å². The summed E-state index contributed by atoms with van der Waals surface area (Å²) in [5.74, 6) is 0.861. The molecule has 0 saturated heterocycles. The van der Waals surface area contributed by atoms with Crippen molar-refractivity contribution in [1.29, 1.82) is 0 Å². The lowest BCUT2D eigenvalue weighted by Gasteiger charge is -2.10. The Morgan fingerprint density at radius 1 is 1.08 bits per heavy atom. The topological polar surface area (TPSA) is 42.2 Å². The highest BCUT2D eigenvalue weighted by atomic mass is 15.4. The van der Waals surface area contributed by atoms with Crippen molar-refractivity contribution >= 4 is 12.0 Å². The zero-order valence-corrected chi connectivity index (χ0v) is 15.7. The Hall–Kier alpha value is -2.72. The Labute approximate surface area is 155 Å². The van der Waals surface area contributed by atoms with Crippen molar-refractivity contribution in [2.45, 2.75) is 40.4 Å². The minimum atomic E-state index is 0.622. The second-order valence-corrected chi connectivity index (χ2v) is 6.35. The number of aromatic nitrogens is 2. The van der Waals surface area contributed by atoms with E-state index in [2.05, 4.69) is 72.7 Å². The quantitative estimate of drug-likeness (QED) is 0.619. The van der Waals surface area contributed by atoms with Gasteiger partial charge in [-0.1, -0.05) is 61.0 Å². The third kappa shape index (κ3) is 4.27. The molecule has 0 bridgehead atoms. The molecular weight excluding hydrogens is 320 g/mol. The minimum absolute atomic E-state index is 0.622. The van der Waals surface area contributed by atoms with Gasteiger partial charge in [0.05, 0.1) is 12.4 Å². The van der Waals surface area contributed by atoms with E-state index in [-0.39, 0.29) is 0 Å². The maximum absolute atomic E-state index is 4.74. The molecule has 3 aromatic rings. The average molecular weight is 346 g/mol. The van der Waals surface area contributed by atoms with Crippen LogP contribution in [-0.4, -0.2) is 16.0 Å². The van der Waals surface area contributed by atoms with Crippen LogP contribution in [0.3, 0.4) is 0 Å². The first kappa shape index (κ1) is 18.1. The van der Waals surface area contributed by atoms with Gasteiger partial charge < -0.3 is 0 Å². The van der Waals surface area contributed by atoms with E-state index in [9.17, 15) is 0 Å². The predicted molar refractivity (Wildman–Crippen MR) is 109 cm³/mol. The summed E-state index contributed by atoms with van der Waals surface area (Å²) in [5, 5.41) is 8.23. The van der Waals surface area contributed by atoms with E-state index in [1.165, 1.54) is 16.7 Å². The number of aliphatic imine (C=N–C) groups is 1. The summed E-state index contributed by atoms with van der Waals surface area (Å²) in [6, 6.07) is 19.0. The van der Waals surface area contributed by atoms with Gasteiger partial charge in [0.1, 0.15) is 0 Å². The van der Waals surface area contributed by atoms with E-state index in [0.29, 0.717) is 6.67 Å². The Morgan fingerprint density at radius 2 is 1.81 bits per heavy atom. The van der Waals surface area contributed by atoms with Crippen LogP contribution in [0.25, 0.3) is 11.3 Å². The molecule has 0 unspecified atom stereocenters. The molecule has 1 N–H and O–H groups in total. The number of aryl methyl sites for hydroxylation is 2. The summed E-state index contributed by atoms with van der Waals surface area (Å²) in [6.07, 6.45) is 2.85. The van der Waals surface area contributed by atoms with Crippen LogP contribution >= 0.6 is 0 Å². The van der Waals surface area contributed by atoms with Gasteiger partial charge in [0.15, 0.2) is 5.82 Å². The highest BCUT2D eigenvalue weighted by molar-refractivity contribution is 5.65. The van der Waals surface area contributed by atoms with Crippen molar-refractivity contribution in [3.63, 3.8) is 0 Å². The molecule has 0 radical (unpaired) electrons. The van der Waals surface area contributed by atoms with Gasteiger partial charge in [-0.25, -0.2) is 9.67 Å². The fourth-order valence-electron chi connectivity index (χ4n) is 3.00. The normalized spacial score (nSPS) is 11.3. The molecule has 0 saturated carbocycles. The summed E-state index contributed by atoms with van der Waals surface area (Å²) < 4.78 is 1.92. The molecule has 0 aliphatic heterocycles. The average Bonchev–Trinajstić information content (AvgIpc) is 3.06. The first-order valence-electron chi connectivity index (χ1n) is 9.12. The molecular formula is C22H26N4. The molecule has 0 amide bonds. The van der Waals surface area contributed by atoms with Crippen LogP contribution in [0.4, 0.5) is 5.82 Å². The molecule has 4 nitrogen and oxygen atoms in total. The second kappa shape index (κ2) is 8.59. The molecule has 0 atom stereocenters. The van der Waals surface area contributed by atoms with Crippen molar-refractivity contribution in [2.75, 3.05) is 0 Å². The second-order valence-electron chi connectivity index (χ2n) is 6.35. The lowest BCUT2D eigenvalue weighted by molar-refractivity contribution is 0.514. The number of hydrogen-bond donors (Lipinski definition) is 1. The molecule has 0 aliphatic rings. The maximum Gasteiger partial charge on any atom is 0.151 e. The summed E-state index contributed by atoms with van der Waals surface area (Å²) >= 11 is 0. The van der Waals surface area contributed by atoms with Gasteiger partial charge in [-0.2, -0.15) is 5.10 Å². The Bertz CT molecular complexity index is 875. The van der Waals surface area contributed by atoms with E-state index in [1.54, 1.807) is 6.21 Å². The number of rotatable bonds is 7. The number of nitrogens with zero attached hydrogens (tertiary/aromatic N) is 3. The van der Waals surface area contributed by atoms with Gasteiger partial charge in [0.25, 0.3) is 0 Å². The van der Waals surface area contributed by atoms with Crippen molar-refractivity contribution in [3.8, 4) is 11.3 Å². The fourth-order valence-corrected chi connectivity index (χ4v) is 3.00. The van der Waals surface area contributed by atoms with E-state index in [4.69, 9.17) is 5.10 Å². The SMILES string of the molecule is C/C=N\c1cc(-c2ccc(C)cc2)nn1CNCc1ccccc1CC. The standard InChI is InChI=1S/C22H26N4/c1-4-18-8-6-7-9-20(18)15-23-16-26-22(24-5-2)14-21(25-26)19-12-10-17(3)11-13-19/h5-14,23H,4,15-16H2,1-3H3/b24-5-. The highest BCUT2D eigenvalue weighted by Crippen LogP contribution is 2.23. The number of nitrogens with one attached hydrogen (secondary N) is 1. The summed E-state index contributed by atoms with van der Waals surface area (Å²) in [7, 11) is 0. The molecule has 0 spiro atoms. The molecule has 0 fully saturated rings. The van der Waals surface area contributed by atoms with Crippen molar-refractivity contribution in [1.82, 2.24) is 15.1 Å². The lowest BCUT2D eigenvalue weighted by atomic mass is 10.1. The van der Waals surface area contributed by atoms with Gasteiger partial charge in [0, 0.05) is 24.4 Å². The Balaban J connectivity index is 1.75. The summed E-state index contributed by atoms with van der Waals surface area (Å²) in [5.41, 5.74) is 6.02. The van der Waals surface area contributed by atoms with Crippen LogP contribution in [0.2, 0.25) is 0 Å². The van der Waals surface area contributed by atoms with Crippen LogP contribution in [-0.2, 0) is 19.6 Å². The summed E-state index contributed by atoms with van der Waals surface area (Å²) in [6.45, 7) is 7.64. The number of benzene rings is 2. The molecule has 2 aromatic carbocycles. The molecule has 0 aliphatic carbocycles. The first-order chi connectivity index (χ1) is 12.7. The van der Waals surface area contributed by atoms with Crippen LogP contribution in [0.15, 0.2) is 59.6 Å². The summed E-state index contributed by atoms with van der Waals surface area (Å²) in [4.78, 5) is 4.47. The molecule has 3 rings (SSSR count). The zero-order valence-electron chi connectivity index (χ0n) is 15.7. The molecule has 1 aromatic heterocycles. The highest BCUT2D eigenvalue weighted by Gasteiger charge is 2.09. The first-order valence-corrected chi connectivity index (χ1v) is 9.12.